The van der Waals surface area contributed by atoms with E-state index in [1.54, 1.807) is 0 Å². The third kappa shape index (κ3) is 2.03. The molecular weight excluding hydrogens is 188 g/mol. The molecule has 1 atom stereocenters. The number of nitrogens with zero attached hydrogens (tertiary/aromatic N) is 1. The Morgan fingerprint density at radius 2 is 2.20 bits per heavy atom. The highest BCUT2D eigenvalue weighted by molar-refractivity contribution is 5.77. The molecule has 15 heavy (non-hydrogen) atoms. The van der Waals surface area contributed by atoms with E-state index in [4.69, 9.17) is 5.73 Å². The third-order valence-electron chi connectivity index (χ3n) is 4.18. The van der Waals surface area contributed by atoms with Crippen molar-refractivity contribution in [1.82, 2.24) is 4.90 Å². The van der Waals surface area contributed by atoms with E-state index in [-0.39, 0.29) is 5.54 Å². The van der Waals surface area contributed by atoms with Crippen molar-refractivity contribution in [3.05, 3.63) is 0 Å². The van der Waals surface area contributed by atoms with Crippen LogP contribution in [0.2, 0.25) is 0 Å². The first-order valence-corrected chi connectivity index (χ1v) is 6.16. The Bertz CT molecular complexity index is 250. The summed E-state index contributed by atoms with van der Waals surface area (Å²) in [5.74, 6) is 1.00. The molecule has 2 aliphatic rings. The molecule has 1 saturated carbocycles. The van der Waals surface area contributed by atoms with Gasteiger partial charge in [-0.1, -0.05) is 6.42 Å². The van der Waals surface area contributed by atoms with Gasteiger partial charge in [0.15, 0.2) is 0 Å². The van der Waals surface area contributed by atoms with Crippen LogP contribution in [0.25, 0.3) is 0 Å². The molecule has 2 rings (SSSR count). The van der Waals surface area contributed by atoms with Gasteiger partial charge in [-0.05, 0) is 38.5 Å². The molecule has 1 unspecified atom stereocenters. The average molecular weight is 210 g/mol. The zero-order chi connectivity index (χ0) is 10.9. The van der Waals surface area contributed by atoms with Gasteiger partial charge in [-0.25, -0.2) is 0 Å². The lowest BCUT2D eigenvalue weighted by Crippen LogP contribution is -2.50. The monoisotopic (exact) mass is 210 g/mol. The van der Waals surface area contributed by atoms with E-state index < -0.39 is 0 Å². The van der Waals surface area contributed by atoms with Crippen LogP contribution in [0.15, 0.2) is 0 Å². The van der Waals surface area contributed by atoms with Crippen LogP contribution in [0.4, 0.5) is 0 Å². The molecule has 2 fully saturated rings. The van der Waals surface area contributed by atoms with Crippen molar-refractivity contribution in [2.45, 2.75) is 51.0 Å². The summed E-state index contributed by atoms with van der Waals surface area (Å²) in [4.78, 5) is 14.1. The minimum Gasteiger partial charge on any atom is -0.336 e. The highest BCUT2D eigenvalue weighted by atomic mass is 16.2. The minimum atomic E-state index is -0.0547. The molecule has 3 heteroatoms. The molecule has 0 spiro atoms. The molecule has 1 aliphatic carbocycles. The van der Waals surface area contributed by atoms with Crippen LogP contribution in [-0.4, -0.2) is 29.4 Å². The molecule has 1 aliphatic heterocycles. The number of carbonyl (C=O) groups excluding carboxylic acids is 1. The molecule has 0 aromatic carbocycles. The summed E-state index contributed by atoms with van der Waals surface area (Å²) in [5, 5.41) is 0. The molecule has 0 bridgehead atoms. The highest BCUT2D eigenvalue weighted by Crippen LogP contribution is 2.33. The summed E-state index contributed by atoms with van der Waals surface area (Å²) in [7, 11) is 0. The average Bonchev–Trinajstić information content (AvgIpc) is 2.55. The number of likely N-dealkylation sites (tertiary alicyclic amines) is 1. The van der Waals surface area contributed by atoms with E-state index in [0.29, 0.717) is 18.4 Å². The van der Waals surface area contributed by atoms with Crippen LogP contribution in [0, 0.1) is 5.92 Å². The fraction of sp³-hybridized carbons (Fsp3) is 0.917. The lowest BCUT2D eigenvalue weighted by molar-refractivity contribution is -0.136. The zero-order valence-corrected chi connectivity index (χ0v) is 9.67. The normalized spacial score (nSPS) is 31.7. The number of rotatable bonds is 3. The van der Waals surface area contributed by atoms with Gasteiger partial charge >= 0.3 is 0 Å². The topological polar surface area (TPSA) is 46.3 Å². The van der Waals surface area contributed by atoms with Crippen molar-refractivity contribution in [2.75, 3.05) is 13.1 Å². The molecule has 1 amide bonds. The number of nitrogens with two attached hydrogens (primary N) is 1. The number of hydrogen-bond donors (Lipinski definition) is 1. The quantitative estimate of drug-likeness (QED) is 0.767. The van der Waals surface area contributed by atoms with Gasteiger partial charge < -0.3 is 10.6 Å². The summed E-state index contributed by atoms with van der Waals surface area (Å²) < 4.78 is 0. The van der Waals surface area contributed by atoms with Crippen molar-refractivity contribution in [2.24, 2.45) is 11.7 Å². The number of amides is 1. The fourth-order valence-electron chi connectivity index (χ4n) is 2.71. The molecule has 1 saturated heterocycles. The van der Waals surface area contributed by atoms with Crippen molar-refractivity contribution in [3.8, 4) is 0 Å². The Hall–Kier alpha value is -0.570. The first kappa shape index (κ1) is 10.9. The van der Waals surface area contributed by atoms with E-state index in [0.717, 1.165) is 25.8 Å². The van der Waals surface area contributed by atoms with Crippen LogP contribution in [-0.2, 0) is 4.79 Å². The molecule has 86 valence electrons. The van der Waals surface area contributed by atoms with Crippen LogP contribution < -0.4 is 5.73 Å². The molecule has 0 aromatic heterocycles. The van der Waals surface area contributed by atoms with Crippen LogP contribution in [0.1, 0.15) is 45.4 Å². The first-order chi connectivity index (χ1) is 7.15. The maximum absolute atomic E-state index is 12.1. The van der Waals surface area contributed by atoms with Crippen molar-refractivity contribution in [1.29, 1.82) is 0 Å². The Morgan fingerprint density at radius 1 is 1.47 bits per heavy atom. The second-order valence-corrected chi connectivity index (χ2v) is 5.35. The van der Waals surface area contributed by atoms with E-state index in [1.807, 2.05) is 4.90 Å². The standard InChI is InChI=1S/C12H22N2O/c1-12(9-13)6-3-7-14(12)11(15)8-10-4-2-5-10/h10H,2-9,13H2,1H3. The molecular formula is C12H22N2O. The van der Waals surface area contributed by atoms with Gasteiger partial charge in [0.25, 0.3) is 0 Å². The lowest BCUT2D eigenvalue weighted by Gasteiger charge is -2.36. The first-order valence-electron chi connectivity index (χ1n) is 6.16. The van der Waals surface area contributed by atoms with E-state index in [9.17, 15) is 4.79 Å². The fourth-order valence-corrected chi connectivity index (χ4v) is 2.71. The van der Waals surface area contributed by atoms with Crippen molar-refractivity contribution >= 4 is 5.91 Å². The van der Waals surface area contributed by atoms with Crippen LogP contribution >= 0.6 is 0 Å². The van der Waals surface area contributed by atoms with Crippen molar-refractivity contribution in [3.63, 3.8) is 0 Å². The largest absolute Gasteiger partial charge is 0.336 e. The van der Waals surface area contributed by atoms with Gasteiger partial charge in [-0.3, -0.25) is 4.79 Å². The zero-order valence-electron chi connectivity index (χ0n) is 9.67. The SMILES string of the molecule is CC1(CN)CCCN1C(=O)CC1CCC1. The number of carbonyl (C=O) groups is 1. The van der Waals surface area contributed by atoms with Gasteiger partial charge in [0.05, 0.1) is 5.54 Å². The highest BCUT2D eigenvalue weighted by Gasteiger charge is 2.39. The molecule has 1 heterocycles. The summed E-state index contributed by atoms with van der Waals surface area (Å²) in [5.41, 5.74) is 5.72. The Kier molecular flexibility index (Phi) is 3.01. The second-order valence-electron chi connectivity index (χ2n) is 5.35. The van der Waals surface area contributed by atoms with Gasteiger partial charge in [-0.15, -0.1) is 0 Å². The number of hydrogen-bond acceptors (Lipinski definition) is 2. The van der Waals surface area contributed by atoms with Gasteiger partial charge in [0.2, 0.25) is 5.91 Å². The molecule has 0 radical (unpaired) electrons. The summed E-state index contributed by atoms with van der Waals surface area (Å²) in [6, 6.07) is 0. The summed E-state index contributed by atoms with van der Waals surface area (Å²) in [6.07, 6.45) is 6.75. The van der Waals surface area contributed by atoms with Crippen LogP contribution in [0.5, 0.6) is 0 Å². The third-order valence-corrected chi connectivity index (χ3v) is 4.18. The maximum atomic E-state index is 12.1. The molecule has 3 nitrogen and oxygen atoms in total. The smallest absolute Gasteiger partial charge is 0.223 e. The van der Waals surface area contributed by atoms with Crippen LogP contribution in [0.3, 0.4) is 0 Å². The molecule has 2 N–H and O–H groups in total. The van der Waals surface area contributed by atoms with Gasteiger partial charge in [0, 0.05) is 19.5 Å². The van der Waals surface area contributed by atoms with E-state index in [2.05, 4.69) is 6.92 Å². The lowest BCUT2D eigenvalue weighted by atomic mass is 9.82. The molecule has 0 aromatic rings. The van der Waals surface area contributed by atoms with E-state index in [1.165, 1.54) is 19.3 Å². The predicted octanol–water partition coefficient (Wildman–Crippen LogP) is 1.52. The predicted molar refractivity (Wildman–Crippen MR) is 60.4 cm³/mol. The van der Waals surface area contributed by atoms with E-state index >= 15 is 0 Å². The Balaban J connectivity index is 1.93. The summed E-state index contributed by atoms with van der Waals surface area (Å²) >= 11 is 0. The Morgan fingerprint density at radius 3 is 2.73 bits per heavy atom. The maximum Gasteiger partial charge on any atom is 0.223 e. The second kappa shape index (κ2) is 4.12. The van der Waals surface area contributed by atoms with Crippen molar-refractivity contribution < 1.29 is 4.79 Å². The van der Waals surface area contributed by atoms with Gasteiger partial charge in [0.1, 0.15) is 0 Å². The van der Waals surface area contributed by atoms with Gasteiger partial charge in [-0.2, -0.15) is 0 Å². The Labute approximate surface area is 92.0 Å². The minimum absolute atomic E-state index is 0.0547. The summed E-state index contributed by atoms with van der Waals surface area (Å²) in [6.45, 7) is 3.64.